The summed E-state index contributed by atoms with van der Waals surface area (Å²) in [5, 5.41) is 4.86. The Hall–Kier alpha value is -1.16. The minimum Gasteiger partial charge on any atom is -0.369 e. The highest BCUT2D eigenvalue weighted by molar-refractivity contribution is 7.19. The van der Waals surface area contributed by atoms with Gasteiger partial charge in [0.15, 0.2) is 0 Å². The molecule has 2 aromatic rings. The number of thiophene rings is 1. The number of unbranched alkanes of at least 4 members (excludes halogenated alkanes) is 3. The zero-order chi connectivity index (χ0) is 14.7. The first-order chi connectivity index (χ1) is 10.3. The number of hydrogen-bond donors (Lipinski definition) is 1. The van der Waals surface area contributed by atoms with Crippen LogP contribution < -0.4 is 5.32 Å². The lowest BCUT2D eigenvalue weighted by Gasteiger charge is -2.18. The van der Waals surface area contributed by atoms with Crippen LogP contribution >= 0.6 is 11.3 Å². The molecule has 3 nitrogen and oxygen atoms in total. The molecule has 0 spiro atoms. The molecule has 4 heteroatoms. The molecule has 21 heavy (non-hydrogen) atoms. The standard InChI is InChI=1S/C17H25N3S/c1-3-4-5-6-9-18-16-15-13-8-7-12(2)10-14(13)21-17(15)20-11-19-16/h11-12H,3-10H2,1-2H3,(H,18,19,20)/t12-/m1/s1. The van der Waals surface area contributed by atoms with Crippen molar-refractivity contribution in [1.29, 1.82) is 0 Å². The molecule has 114 valence electrons. The van der Waals surface area contributed by atoms with E-state index in [1.165, 1.54) is 60.7 Å². The molecule has 0 aromatic carbocycles. The normalized spacial score (nSPS) is 17.9. The minimum atomic E-state index is 0.809. The zero-order valence-electron chi connectivity index (χ0n) is 13.1. The van der Waals surface area contributed by atoms with Gasteiger partial charge in [0, 0.05) is 11.4 Å². The van der Waals surface area contributed by atoms with E-state index < -0.39 is 0 Å². The Bertz CT molecular complexity index is 605. The van der Waals surface area contributed by atoms with Gasteiger partial charge in [0.2, 0.25) is 0 Å². The summed E-state index contributed by atoms with van der Waals surface area (Å²) in [4.78, 5) is 11.7. The monoisotopic (exact) mass is 303 g/mol. The predicted octanol–water partition coefficient (Wildman–Crippen LogP) is 4.81. The molecular formula is C17H25N3S. The van der Waals surface area contributed by atoms with Crippen LogP contribution in [0.15, 0.2) is 6.33 Å². The number of hydrogen-bond acceptors (Lipinski definition) is 4. The van der Waals surface area contributed by atoms with E-state index in [2.05, 4.69) is 29.1 Å². The third kappa shape index (κ3) is 3.20. The molecule has 0 radical (unpaired) electrons. The van der Waals surface area contributed by atoms with E-state index in [9.17, 15) is 0 Å². The third-order valence-corrected chi connectivity index (χ3v) is 5.58. The highest BCUT2D eigenvalue weighted by Gasteiger charge is 2.22. The van der Waals surface area contributed by atoms with Crippen molar-refractivity contribution in [2.45, 2.75) is 58.8 Å². The number of fused-ring (bicyclic) bond motifs is 3. The predicted molar refractivity (Wildman–Crippen MR) is 91.2 cm³/mol. The summed E-state index contributed by atoms with van der Waals surface area (Å²) in [6, 6.07) is 0. The van der Waals surface area contributed by atoms with Crippen molar-refractivity contribution >= 4 is 27.4 Å². The molecule has 1 N–H and O–H groups in total. The summed E-state index contributed by atoms with van der Waals surface area (Å²) >= 11 is 1.87. The van der Waals surface area contributed by atoms with Crippen molar-refractivity contribution in [3.05, 3.63) is 16.8 Å². The van der Waals surface area contributed by atoms with Gasteiger partial charge in [-0.25, -0.2) is 9.97 Å². The van der Waals surface area contributed by atoms with Gasteiger partial charge in [-0.05, 0) is 37.2 Å². The number of nitrogens with zero attached hydrogens (tertiary/aromatic N) is 2. The molecule has 0 aliphatic heterocycles. The number of aromatic nitrogens is 2. The molecule has 0 bridgehead atoms. The molecule has 1 aliphatic rings. The molecule has 2 heterocycles. The Balaban J connectivity index is 1.79. The summed E-state index contributed by atoms with van der Waals surface area (Å²) in [5.41, 5.74) is 1.52. The molecule has 0 saturated carbocycles. The Morgan fingerprint density at radius 3 is 3.05 bits per heavy atom. The van der Waals surface area contributed by atoms with Crippen LogP contribution in [-0.2, 0) is 12.8 Å². The van der Waals surface area contributed by atoms with Crippen molar-refractivity contribution < 1.29 is 0 Å². The fraction of sp³-hybridized carbons (Fsp3) is 0.647. The number of nitrogens with one attached hydrogen (secondary N) is 1. The molecule has 0 fully saturated rings. The highest BCUT2D eigenvalue weighted by atomic mass is 32.1. The van der Waals surface area contributed by atoms with Gasteiger partial charge in [0.05, 0.1) is 5.39 Å². The average Bonchev–Trinajstić information content (AvgIpc) is 2.85. The second-order valence-corrected chi connectivity index (χ2v) is 7.33. The average molecular weight is 303 g/mol. The maximum absolute atomic E-state index is 4.51. The smallest absolute Gasteiger partial charge is 0.138 e. The first kappa shape index (κ1) is 14.8. The van der Waals surface area contributed by atoms with E-state index in [0.29, 0.717) is 0 Å². The molecule has 0 unspecified atom stereocenters. The zero-order valence-corrected chi connectivity index (χ0v) is 13.9. The van der Waals surface area contributed by atoms with Crippen LogP contribution in [0, 0.1) is 5.92 Å². The molecule has 1 aliphatic carbocycles. The van der Waals surface area contributed by atoms with E-state index >= 15 is 0 Å². The maximum atomic E-state index is 4.51. The summed E-state index contributed by atoms with van der Waals surface area (Å²) in [6.45, 7) is 5.62. The molecule has 1 atom stereocenters. The van der Waals surface area contributed by atoms with E-state index in [-0.39, 0.29) is 0 Å². The fourth-order valence-corrected chi connectivity index (χ4v) is 4.52. The van der Waals surface area contributed by atoms with Crippen molar-refractivity contribution in [3.63, 3.8) is 0 Å². The molecule has 0 saturated heterocycles. The first-order valence-corrected chi connectivity index (χ1v) is 9.10. The van der Waals surface area contributed by atoms with Crippen LogP contribution in [0.5, 0.6) is 0 Å². The largest absolute Gasteiger partial charge is 0.369 e. The lowest BCUT2D eigenvalue weighted by molar-refractivity contribution is 0.509. The van der Waals surface area contributed by atoms with Crippen molar-refractivity contribution in [2.75, 3.05) is 11.9 Å². The molecule has 2 aromatic heterocycles. The van der Waals surface area contributed by atoms with Crippen molar-refractivity contribution in [3.8, 4) is 0 Å². The van der Waals surface area contributed by atoms with Crippen LogP contribution in [0.25, 0.3) is 10.2 Å². The van der Waals surface area contributed by atoms with E-state index in [1.54, 1.807) is 11.2 Å². The van der Waals surface area contributed by atoms with Gasteiger partial charge >= 0.3 is 0 Å². The summed E-state index contributed by atoms with van der Waals surface area (Å²) in [7, 11) is 0. The van der Waals surface area contributed by atoms with Crippen LogP contribution in [0.4, 0.5) is 5.82 Å². The Morgan fingerprint density at radius 2 is 2.19 bits per heavy atom. The highest BCUT2D eigenvalue weighted by Crippen LogP contribution is 2.39. The van der Waals surface area contributed by atoms with Crippen LogP contribution in [-0.4, -0.2) is 16.5 Å². The second kappa shape index (κ2) is 6.73. The topological polar surface area (TPSA) is 37.8 Å². The van der Waals surface area contributed by atoms with Gasteiger partial charge < -0.3 is 5.32 Å². The van der Waals surface area contributed by atoms with Gasteiger partial charge in [-0.1, -0.05) is 33.1 Å². The second-order valence-electron chi connectivity index (χ2n) is 6.24. The number of aryl methyl sites for hydroxylation is 1. The van der Waals surface area contributed by atoms with Crippen LogP contribution in [0.2, 0.25) is 0 Å². The molecular weight excluding hydrogens is 278 g/mol. The number of anilines is 1. The molecule has 0 amide bonds. The number of rotatable bonds is 6. The van der Waals surface area contributed by atoms with Gasteiger partial charge in [-0.3, -0.25) is 0 Å². The Morgan fingerprint density at radius 1 is 1.29 bits per heavy atom. The summed E-state index contributed by atoms with van der Waals surface area (Å²) < 4.78 is 0. The minimum absolute atomic E-state index is 0.809. The summed E-state index contributed by atoms with van der Waals surface area (Å²) in [6.07, 6.45) is 10.5. The van der Waals surface area contributed by atoms with Gasteiger partial charge in [0.25, 0.3) is 0 Å². The van der Waals surface area contributed by atoms with E-state index in [0.717, 1.165) is 18.3 Å². The van der Waals surface area contributed by atoms with Gasteiger partial charge in [-0.15, -0.1) is 11.3 Å². The Labute approximate surface area is 131 Å². The Kier molecular flexibility index (Phi) is 4.73. The molecule has 3 rings (SSSR count). The quantitative estimate of drug-likeness (QED) is 0.778. The van der Waals surface area contributed by atoms with E-state index in [1.807, 2.05) is 11.3 Å². The van der Waals surface area contributed by atoms with Crippen LogP contribution in [0.3, 0.4) is 0 Å². The van der Waals surface area contributed by atoms with Crippen LogP contribution in [0.1, 0.15) is 56.4 Å². The van der Waals surface area contributed by atoms with Gasteiger partial charge in [-0.2, -0.15) is 0 Å². The van der Waals surface area contributed by atoms with Crippen molar-refractivity contribution in [2.24, 2.45) is 5.92 Å². The summed E-state index contributed by atoms with van der Waals surface area (Å²) in [5.74, 6) is 1.87. The van der Waals surface area contributed by atoms with Crippen molar-refractivity contribution in [1.82, 2.24) is 9.97 Å². The lowest BCUT2D eigenvalue weighted by atomic mass is 9.89. The third-order valence-electron chi connectivity index (χ3n) is 4.41. The SMILES string of the molecule is CCCCCCNc1ncnc2sc3c(c12)CC[C@@H](C)C3. The van der Waals surface area contributed by atoms with Gasteiger partial charge in [0.1, 0.15) is 17.0 Å². The fourth-order valence-electron chi connectivity index (χ4n) is 3.17. The maximum Gasteiger partial charge on any atom is 0.138 e. The first-order valence-electron chi connectivity index (χ1n) is 8.28. The van der Waals surface area contributed by atoms with E-state index in [4.69, 9.17) is 0 Å². The lowest BCUT2D eigenvalue weighted by Crippen LogP contribution is -2.09.